The first kappa shape index (κ1) is 24.3. The average Bonchev–Trinajstić information content (AvgIpc) is 3.11. The molecule has 0 aliphatic heterocycles. The summed E-state index contributed by atoms with van der Waals surface area (Å²) in [7, 11) is -3.61. The zero-order valence-electron chi connectivity index (χ0n) is 17.1. The summed E-state index contributed by atoms with van der Waals surface area (Å²) in [4.78, 5) is 12.6. The van der Waals surface area contributed by atoms with Crippen molar-refractivity contribution >= 4 is 56.4 Å². The highest BCUT2D eigenvalue weighted by atomic mass is 35.5. The molecule has 1 aromatic heterocycles. The molecule has 2 aromatic carbocycles. The lowest BCUT2D eigenvalue weighted by atomic mass is 10.2. The van der Waals surface area contributed by atoms with E-state index in [1.807, 2.05) is 6.92 Å². The van der Waals surface area contributed by atoms with Crippen LogP contribution < -0.4 is 5.32 Å². The Labute approximate surface area is 200 Å². The summed E-state index contributed by atoms with van der Waals surface area (Å²) >= 11 is 13.2. The number of aryl methyl sites for hydroxylation is 1. The number of rotatable bonds is 9. The second-order valence-corrected chi connectivity index (χ2v) is 10.5. The number of anilines is 1. The Morgan fingerprint density at radius 2 is 1.91 bits per heavy atom. The smallest absolute Gasteiger partial charge is 0.234 e. The zero-order chi connectivity index (χ0) is 23.3. The standard InChI is InChI=1S/C21H20Cl2N4O3S2/c1-3-11-27-18(13-32(29,30)15-9-7-14(2)8-10-15)25-26-21(27)31-12-19(28)24-17-6-4-5-16(22)20(17)23/h3-10H,1,11-13H2,2H3,(H,24,28). The molecule has 168 valence electrons. The summed E-state index contributed by atoms with van der Waals surface area (Å²) < 4.78 is 27.2. The van der Waals surface area contributed by atoms with Crippen LogP contribution in [0.4, 0.5) is 5.69 Å². The number of hydrogen-bond donors (Lipinski definition) is 1. The number of carbonyl (C=O) groups is 1. The Morgan fingerprint density at radius 3 is 2.59 bits per heavy atom. The second kappa shape index (κ2) is 10.5. The minimum absolute atomic E-state index is 0.0167. The van der Waals surface area contributed by atoms with Gasteiger partial charge < -0.3 is 9.88 Å². The van der Waals surface area contributed by atoms with E-state index in [4.69, 9.17) is 23.2 Å². The van der Waals surface area contributed by atoms with Gasteiger partial charge in [-0.3, -0.25) is 4.79 Å². The zero-order valence-corrected chi connectivity index (χ0v) is 20.2. The predicted octanol–water partition coefficient (Wildman–Crippen LogP) is 4.78. The summed E-state index contributed by atoms with van der Waals surface area (Å²) in [5, 5.41) is 11.8. The molecular weight excluding hydrogens is 491 g/mol. The van der Waals surface area contributed by atoms with Crippen molar-refractivity contribution in [2.75, 3.05) is 11.1 Å². The molecule has 0 aliphatic rings. The molecule has 3 rings (SSSR count). The van der Waals surface area contributed by atoms with E-state index in [1.54, 1.807) is 53.1 Å². The van der Waals surface area contributed by atoms with Crippen molar-refractivity contribution in [1.29, 1.82) is 0 Å². The molecule has 7 nitrogen and oxygen atoms in total. The van der Waals surface area contributed by atoms with Gasteiger partial charge in [0.25, 0.3) is 0 Å². The molecule has 0 atom stereocenters. The van der Waals surface area contributed by atoms with Gasteiger partial charge >= 0.3 is 0 Å². The van der Waals surface area contributed by atoms with Gasteiger partial charge in [0, 0.05) is 6.54 Å². The van der Waals surface area contributed by atoms with Crippen molar-refractivity contribution in [2.24, 2.45) is 0 Å². The summed E-state index contributed by atoms with van der Waals surface area (Å²) in [6, 6.07) is 11.6. The predicted molar refractivity (Wildman–Crippen MR) is 128 cm³/mol. The third-order valence-electron chi connectivity index (χ3n) is 4.36. The van der Waals surface area contributed by atoms with Gasteiger partial charge in [0.15, 0.2) is 15.0 Å². The van der Waals surface area contributed by atoms with E-state index in [1.165, 1.54) is 0 Å². The van der Waals surface area contributed by atoms with E-state index in [-0.39, 0.29) is 33.2 Å². The third-order valence-corrected chi connectivity index (χ3v) is 7.78. The van der Waals surface area contributed by atoms with Gasteiger partial charge in [-0.15, -0.1) is 16.8 Å². The Bertz CT molecular complexity index is 1240. The molecule has 11 heteroatoms. The maximum absolute atomic E-state index is 12.8. The fraction of sp³-hybridized carbons (Fsp3) is 0.190. The first-order valence-electron chi connectivity index (χ1n) is 9.40. The number of nitrogens with one attached hydrogen (secondary N) is 1. The first-order chi connectivity index (χ1) is 15.2. The molecule has 1 amide bonds. The van der Waals surface area contributed by atoms with Crippen molar-refractivity contribution in [3.63, 3.8) is 0 Å². The van der Waals surface area contributed by atoms with Crippen LogP contribution in [0, 0.1) is 6.92 Å². The lowest BCUT2D eigenvalue weighted by molar-refractivity contribution is -0.113. The number of carbonyl (C=O) groups excluding carboxylic acids is 1. The molecule has 0 saturated carbocycles. The molecule has 1 heterocycles. The lowest BCUT2D eigenvalue weighted by Gasteiger charge is -2.10. The molecule has 0 radical (unpaired) electrons. The van der Waals surface area contributed by atoms with Crippen molar-refractivity contribution in [1.82, 2.24) is 14.8 Å². The summed E-state index contributed by atoms with van der Waals surface area (Å²) in [5.74, 6) is -0.350. The van der Waals surface area contributed by atoms with Gasteiger partial charge in [0.05, 0.1) is 26.4 Å². The Hall–Kier alpha value is -2.33. The molecular formula is C21H20Cl2N4O3S2. The van der Waals surface area contributed by atoms with Crippen LogP contribution >= 0.6 is 35.0 Å². The van der Waals surface area contributed by atoms with E-state index in [0.29, 0.717) is 22.4 Å². The number of thioether (sulfide) groups is 1. The average molecular weight is 511 g/mol. The lowest BCUT2D eigenvalue weighted by Crippen LogP contribution is -2.15. The Morgan fingerprint density at radius 1 is 1.19 bits per heavy atom. The van der Waals surface area contributed by atoms with Gasteiger partial charge in [-0.2, -0.15) is 0 Å². The van der Waals surface area contributed by atoms with Crippen LogP contribution in [0.15, 0.2) is 65.2 Å². The number of sulfone groups is 1. The van der Waals surface area contributed by atoms with E-state index >= 15 is 0 Å². The molecule has 0 unspecified atom stereocenters. The van der Waals surface area contributed by atoms with Crippen LogP contribution in [0.1, 0.15) is 11.4 Å². The highest BCUT2D eigenvalue weighted by Gasteiger charge is 2.22. The number of amides is 1. The van der Waals surface area contributed by atoms with Gasteiger partial charge in [-0.05, 0) is 31.2 Å². The minimum atomic E-state index is -3.61. The van der Waals surface area contributed by atoms with Crippen LogP contribution in [0.25, 0.3) is 0 Å². The van der Waals surface area contributed by atoms with E-state index in [2.05, 4.69) is 22.1 Å². The molecule has 0 saturated heterocycles. The molecule has 0 aliphatic carbocycles. The van der Waals surface area contributed by atoms with Crippen molar-refractivity contribution in [3.05, 3.63) is 76.6 Å². The molecule has 3 aromatic rings. The third kappa shape index (κ3) is 5.92. The molecule has 32 heavy (non-hydrogen) atoms. The van der Waals surface area contributed by atoms with Crippen LogP contribution in [0.5, 0.6) is 0 Å². The number of allylic oxidation sites excluding steroid dienone is 1. The van der Waals surface area contributed by atoms with Gasteiger partial charge in [-0.25, -0.2) is 8.42 Å². The highest BCUT2D eigenvalue weighted by molar-refractivity contribution is 7.99. The molecule has 0 spiro atoms. The fourth-order valence-electron chi connectivity index (χ4n) is 2.76. The molecule has 0 fully saturated rings. The normalized spacial score (nSPS) is 11.3. The van der Waals surface area contributed by atoms with Gasteiger partial charge in [0.2, 0.25) is 5.91 Å². The SMILES string of the molecule is C=CCn1c(CS(=O)(=O)c2ccc(C)cc2)nnc1SCC(=O)Nc1cccc(Cl)c1Cl. The van der Waals surface area contributed by atoms with Gasteiger partial charge in [-0.1, -0.05) is 64.8 Å². The first-order valence-corrected chi connectivity index (χ1v) is 12.8. The van der Waals surface area contributed by atoms with Crippen molar-refractivity contribution in [3.8, 4) is 0 Å². The summed E-state index contributed by atoms with van der Waals surface area (Å²) in [6.07, 6.45) is 1.61. The van der Waals surface area contributed by atoms with Crippen LogP contribution in [0.3, 0.4) is 0 Å². The quantitative estimate of drug-likeness (QED) is 0.328. The van der Waals surface area contributed by atoms with Crippen LogP contribution in [0.2, 0.25) is 10.0 Å². The van der Waals surface area contributed by atoms with Crippen LogP contribution in [-0.2, 0) is 26.9 Å². The fourth-order valence-corrected chi connectivity index (χ4v) is 5.15. The monoisotopic (exact) mass is 510 g/mol. The van der Waals surface area contributed by atoms with Crippen molar-refractivity contribution < 1.29 is 13.2 Å². The Balaban J connectivity index is 1.73. The summed E-state index contributed by atoms with van der Waals surface area (Å²) in [5.41, 5.74) is 1.37. The van der Waals surface area contributed by atoms with E-state index in [0.717, 1.165) is 17.3 Å². The summed E-state index contributed by atoms with van der Waals surface area (Å²) in [6.45, 7) is 5.90. The van der Waals surface area contributed by atoms with Crippen LogP contribution in [-0.4, -0.2) is 34.8 Å². The van der Waals surface area contributed by atoms with E-state index in [9.17, 15) is 13.2 Å². The number of nitrogens with zero attached hydrogens (tertiary/aromatic N) is 3. The maximum Gasteiger partial charge on any atom is 0.234 e. The minimum Gasteiger partial charge on any atom is -0.324 e. The molecule has 0 bridgehead atoms. The number of benzene rings is 2. The van der Waals surface area contributed by atoms with Crippen molar-refractivity contribution in [2.45, 2.75) is 29.3 Å². The highest BCUT2D eigenvalue weighted by Crippen LogP contribution is 2.30. The number of aromatic nitrogens is 3. The maximum atomic E-state index is 12.8. The Kier molecular flexibility index (Phi) is 8.00. The molecule has 1 N–H and O–H groups in total. The number of hydrogen-bond acceptors (Lipinski definition) is 6. The topological polar surface area (TPSA) is 93.9 Å². The number of halogens is 2. The van der Waals surface area contributed by atoms with Gasteiger partial charge in [0.1, 0.15) is 11.6 Å². The van der Waals surface area contributed by atoms with E-state index < -0.39 is 9.84 Å². The largest absolute Gasteiger partial charge is 0.324 e. The second-order valence-electron chi connectivity index (χ2n) is 6.81.